The van der Waals surface area contributed by atoms with Crippen molar-refractivity contribution >= 4 is 12.0 Å². The Balaban J connectivity index is 2.80. The number of nitriles is 1. The molecule has 0 saturated heterocycles. The van der Waals surface area contributed by atoms with E-state index in [-0.39, 0.29) is 12.6 Å². The Kier molecular flexibility index (Phi) is 5.13. The Hall–Kier alpha value is -2.08. The van der Waals surface area contributed by atoms with Crippen LogP contribution >= 0.6 is 0 Å². The van der Waals surface area contributed by atoms with Gasteiger partial charge in [0.15, 0.2) is 0 Å². The van der Waals surface area contributed by atoms with E-state index in [1.165, 1.54) is 12.5 Å². The van der Waals surface area contributed by atoms with Gasteiger partial charge in [0.1, 0.15) is 6.61 Å². The lowest BCUT2D eigenvalue weighted by molar-refractivity contribution is -0.139. The number of nitrogens with zero attached hydrogens (tertiary/aromatic N) is 1. The average Bonchev–Trinajstić information content (AvgIpc) is 2.34. The molecule has 0 fully saturated rings. The highest BCUT2D eigenvalue weighted by molar-refractivity contribution is 5.67. The van der Waals surface area contributed by atoms with E-state index in [0.29, 0.717) is 11.5 Å². The van der Waals surface area contributed by atoms with Crippen LogP contribution in [0, 0.1) is 11.3 Å². The molecule has 0 aliphatic rings. The lowest BCUT2D eigenvalue weighted by Gasteiger charge is -2.05. The van der Waals surface area contributed by atoms with Gasteiger partial charge in [0.05, 0.1) is 11.6 Å². The molecule has 0 heterocycles. The summed E-state index contributed by atoms with van der Waals surface area (Å²) in [5, 5.41) is 8.93. The first kappa shape index (κ1) is 14.0. The van der Waals surface area contributed by atoms with Crippen LogP contribution in [0.2, 0.25) is 0 Å². The lowest BCUT2D eigenvalue weighted by Crippen LogP contribution is -2.02. The van der Waals surface area contributed by atoms with Crippen molar-refractivity contribution in [3.05, 3.63) is 41.0 Å². The number of hydrogen-bond donors (Lipinski definition) is 0. The summed E-state index contributed by atoms with van der Waals surface area (Å²) in [4.78, 5) is 10.7. The maximum absolute atomic E-state index is 10.7. The van der Waals surface area contributed by atoms with E-state index >= 15 is 0 Å². The second-order valence-electron chi connectivity index (χ2n) is 4.38. The van der Waals surface area contributed by atoms with Gasteiger partial charge in [-0.1, -0.05) is 38.1 Å². The molecule has 0 amide bonds. The number of ether oxygens (including phenoxy) is 1. The largest absolute Gasteiger partial charge is 0.460 e. The third kappa shape index (κ3) is 4.42. The first-order valence-corrected chi connectivity index (χ1v) is 5.87. The lowest BCUT2D eigenvalue weighted by atomic mass is 10.0. The average molecular weight is 243 g/mol. The smallest absolute Gasteiger partial charge is 0.302 e. The molecule has 0 spiro atoms. The van der Waals surface area contributed by atoms with E-state index in [1.807, 2.05) is 30.3 Å². The van der Waals surface area contributed by atoms with Gasteiger partial charge < -0.3 is 4.74 Å². The van der Waals surface area contributed by atoms with Crippen LogP contribution < -0.4 is 0 Å². The Morgan fingerprint density at radius 2 is 2.00 bits per heavy atom. The fourth-order valence-electron chi connectivity index (χ4n) is 1.46. The molecular formula is C15H17NO2. The number of esters is 1. The van der Waals surface area contributed by atoms with Crippen LogP contribution in [0.4, 0.5) is 0 Å². The van der Waals surface area contributed by atoms with Gasteiger partial charge in [-0.05, 0) is 23.1 Å². The van der Waals surface area contributed by atoms with Crippen LogP contribution in [-0.2, 0) is 9.53 Å². The van der Waals surface area contributed by atoms with Crippen LogP contribution in [0.15, 0.2) is 29.8 Å². The standard InChI is InChI=1S/C15H17NO2/c1-11(2)15-6-4-13(5-7-15)8-14(9-16)10-18-12(3)17/h4-8,11H,10H2,1-3H3/b14-8+. The second-order valence-corrected chi connectivity index (χ2v) is 4.38. The van der Waals surface area contributed by atoms with Gasteiger partial charge >= 0.3 is 5.97 Å². The van der Waals surface area contributed by atoms with Gasteiger partial charge in [0, 0.05) is 6.92 Å². The van der Waals surface area contributed by atoms with E-state index in [9.17, 15) is 4.79 Å². The summed E-state index contributed by atoms with van der Waals surface area (Å²) in [7, 11) is 0. The van der Waals surface area contributed by atoms with Crippen molar-refractivity contribution in [2.24, 2.45) is 0 Å². The van der Waals surface area contributed by atoms with Gasteiger partial charge in [-0.2, -0.15) is 5.26 Å². The minimum absolute atomic E-state index is 0.0256. The van der Waals surface area contributed by atoms with Crippen molar-refractivity contribution in [2.75, 3.05) is 6.61 Å². The van der Waals surface area contributed by atoms with Crippen molar-refractivity contribution in [2.45, 2.75) is 26.7 Å². The zero-order chi connectivity index (χ0) is 13.5. The van der Waals surface area contributed by atoms with Crippen LogP contribution in [0.25, 0.3) is 6.08 Å². The van der Waals surface area contributed by atoms with E-state index in [4.69, 9.17) is 10.00 Å². The summed E-state index contributed by atoms with van der Waals surface area (Å²) in [6.07, 6.45) is 1.73. The van der Waals surface area contributed by atoms with Crippen LogP contribution in [-0.4, -0.2) is 12.6 Å². The van der Waals surface area contributed by atoms with E-state index in [0.717, 1.165) is 5.56 Å². The van der Waals surface area contributed by atoms with Crippen molar-refractivity contribution in [1.29, 1.82) is 5.26 Å². The first-order valence-electron chi connectivity index (χ1n) is 5.87. The van der Waals surface area contributed by atoms with Gasteiger partial charge in [-0.3, -0.25) is 4.79 Å². The molecule has 1 aromatic carbocycles. The molecule has 0 radical (unpaired) electrons. The van der Waals surface area contributed by atoms with Crippen molar-refractivity contribution in [3.63, 3.8) is 0 Å². The number of rotatable bonds is 4. The van der Waals surface area contributed by atoms with Gasteiger partial charge in [-0.25, -0.2) is 0 Å². The molecule has 1 aromatic rings. The van der Waals surface area contributed by atoms with Crippen molar-refractivity contribution < 1.29 is 9.53 Å². The quantitative estimate of drug-likeness (QED) is 0.602. The molecule has 0 aliphatic carbocycles. The molecule has 0 aliphatic heterocycles. The topological polar surface area (TPSA) is 50.1 Å². The fourth-order valence-corrected chi connectivity index (χ4v) is 1.46. The summed E-state index contributed by atoms with van der Waals surface area (Å²) >= 11 is 0. The molecule has 0 N–H and O–H groups in total. The Bertz CT molecular complexity index is 478. The number of hydrogen-bond acceptors (Lipinski definition) is 3. The molecule has 0 unspecified atom stereocenters. The van der Waals surface area contributed by atoms with E-state index in [1.54, 1.807) is 6.08 Å². The van der Waals surface area contributed by atoms with Crippen molar-refractivity contribution in [1.82, 2.24) is 0 Å². The molecule has 0 atom stereocenters. The minimum atomic E-state index is -0.383. The minimum Gasteiger partial charge on any atom is -0.460 e. The number of benzene rings is 1. The highest BCUT2D eigenvalue weighted by atomic mass is 16.5. The summed E-state index contributed by atoms with van der Waals surface area (Å²) in [5.74, 6) is 0.103. The zero-order valence-electron chi connectivity index (χ0n) is 10.9. The number of carbonyl (C=O) groups excluding carboxylic acids is 1. The molecule has 0 aromatic heterocycles. The van der Waals surface area contributed by atoms with E-state index < -0.39 is 0 Å². The van der Waals surface area contributed by atoms with Crippen molar-refractivity contribution in [3.8, 4) is 6.07 Å². The molecular weight excluding hydrogens is 226 g/mol. The summed E-state index contributed by atoms with van der Waals surface area (Å²) in [6.45, 7) is 5.61. The summed E-state index contributed by atoms with van der Waals surface area (Å²) in [5.41, 5.74) is 2.62. The summed E-state index contributed by atoms with van der Waals surface area (Å²) in [6, 6.07) is 10.0. The molecule has 1 rings (SSSR count). The van der Waals surface area contributed by atoms with Gasteiger partial charge in [0.25, 0.3) is 0 Å². The Morgan fingerprint density at radius 3 is 2.44 bits per heavy atom. The molecule has 3 nitrogen and oxygen atoms in total. The molecule has 0 bridgehead atoms. The predicted molar refractivity (Wildman–Crippen MR) is 70.8 cm³/mol. The third-order valence-corrected chi connectivity index (χ3v) is 2.52. The highest BCUT2D eigenvalue weighted by Crippen LogP contribution is 2.16. The fraction of sp³-hybridized carbons (Fsp3) is 0.333. The van der Waals surface area contributed by atoms with Crippen LogP contribution in [0.3, 0.4) is 0 Å². The first-order chi connectivity index (χ1) is 8.52. The summed E-state index contributed by atoms with van der Waals surface area (Å²) < 4.78 is 4.80. The monoisotopic (exact) mass is 243 g/mol. The highest BCUT2D eigenvalue weighted by Gasteiger charge is 2.01. The maximum Gasteiger partial charge on any atom is 0.302 e. The Labute approximate surface area is 108 Å². The predicted octanol–water partition coefficient (Wildman–Crippen LogP) is 3.28. The molecule has 3 heteroatoms. The molecule has 0 saturated carbocycles. The SMILES string of the molecule is CC(=O)OC/C(C#N)=C/c1ccc(C(C)C)cc1. The maximum atomic E-state index is 10.7. The normalized spacial score (nSPS) is 11.2. The van der Waals surface area contributed by atoms with Gasteiger partial charge in [-0.15, -0.1) is 0 Å². The third-order valence-electron chi connectivity index (χ3n) is 2.52. The van der Waals surface area contributed by atoms with Crippen LogP contribution in [0.5, 0.6) is 0 Å². The molecule has 18 heavy (non-hydrogen) atoms. The molecule has 94 valence electrons. The Morgan fingerprint density at radius 1 is 1.39 bits per heavy atom. The van der Waals surface area contributed by atoms with E-state index in [2.05, 4.69) is 13.8 Å². The second kappa shape index (κ2) is 6.61. The number of carbonyl (C=O) groups is 1. The van der Waals surface area contributed by atoms with Crippen LogP contribution in [0.1, 0.15) is 37.8 Å². The van der Waals surface area contributed by atoms with Gasteiger partial charge in [0.2, 0.25) is 0 Å². The zero-order valence-corrected chi connectivity index (χ0v) is 10.9.